The normalized spacial score (nSPS) is 28.9. The SMILES string of the molecule is C#C/C=C/[C@@H](O)[C@H]1COC(C)(C)O1. The summed E-state index contributed by atoms with van der Waals surface area (Å²) >= 11 is 0. The minimum absolute atomic E-state index is 0.320. The maximum absolute atomic E-state index is 9.52. The van der Waals surface area contributed by atoms with Crippen molar-refractivity contribution in [2.24, 2.45) is 0 Å². The zero-order valence-corrected chi connectivity index (χ0v) is 7.86. The third-order valence-corrected chi connectivity index (χ3v) is 1.80. The first kappa shape index (κ1) is 10.3. The van der Waals surface area contributed by atoms with Crippen molar-refractivity contribution in [2.45, 2.75) is 31.8 Å². The van der Waals surface area contributed by atoms with Gasteiger partial charge in [0.05, 0.1) is 6.61 Å². The number of hydrogen-bond donors (Lipinski definition) is 1. The summed E-state index contributed by atoms with van der Waals surface area (Å²) in [6, 6.07) is 0. The molecule has 1 fully saturated rings. The molecule has 72 valence electrons. The van der Waals surface area contributed by atoms with Crippen LogP contribution in [0.1, 0.15) is 13.8 Å². The van der Waals surface area contributed by atoms with Crippen LogP contribution in [0, 0.1) is 12.3 Å². The van der Waals surface area contributed by atoms with Crippen molar-refractivity contribution < 1.29 is 14.6 Å². The Morgan fingerprint density at radius 3 is 2.85 bits per heavy atom. The van der Waals surface area contributed by atoms with E-state index in [1.165, 1.54) is 12.2 Å². The molecule has 0 aliphatic carbocycles. The zero-order chi connectivity index (χ0) is 9.90. The molecule has 0 aromatic rings. The number of ether oxygens (including phenoxy) is 2. The standard InChI is InChI=1S/C10H14O3/c1-4-5-6-8(11)9-7-12-10(2,3)13-9/h1,5-6,8-9,11H,7H2,2-3H3/b6-5+/t8-,9-/m1/s1. The molecule has 13 heavy (non-hydrogen) atoms. The molecule has 2 atom stereocenters. The van der Waals surface area contributed by atoms with Crippen molar-refractivity contribution in [3.05, 3.63) is 12.2 Å². The fraction of sp³-hybridized carbons (Fsp3) is 0.600. The minimum atomic E-state index is -0.696. The van der Waals surface area contributed by atoms with E-state index in [4.69, 9.17) is 15.9 Å². The van der Waals surface area contributed by atoms with E-state index in [0.717, 1.165) is 0 Å². The molecule has 0 amide bonds. The van der Waals surface area contributed by atoms with Crippen LogP contribution in [-0.2, 0) is 9.47 Å². The summed E-state index contributed by atoms with van der Waals surface area (Å²) in [5.74, 6) is 1.70. The summed E-state index contributed by atoms with van der Waals surface area (Å²) in [5.41, 5.74) is 0. The molecular formula is C10H14O3. The highest BCUT2D eigenvalue weighted by molar-refractivity contribution is 5.11. The van der Waals surface area contributed by atoms with Crippen molar-refractivity contribution in [1.82, 2.24) is 0 Å². The third-order valence-electron chi connectivity index (χ3n) is 1.80. The van der Waals surface area contributed by atoms with Gasteiger partial charge in [-0.2, -0.15) is 0 Å². The molecular weight excluding hydrogens is 168 g/mol. The molecule has 0 aromatic heterocycles. The van der Waals surface area contributed by atoms with Gasteiger partial charge in [-0.1, -0.05) is 5.92 Å². The van der Waals surface area contributed by atoms with Gasteiger partial charge in [0.25, 0.3) is 0 Å². The monoisotopic (exact) mass is 182 g/mol. The molecule has 0 aromatic carbocycles. The molecule has 0 spiro atoms. The summed E-state index contributed by atoms with van der Waals surface area (Å²) in [7, 11) is 0. The van der Waals surface area contributed by atoms with Crippen LogP contribution >= 0.6 is 0 Å². The smallest absolute Gasteiger partial charge is 0.163 e. The second-order valence-electron chi connectivity index (χ2n) is 3.38. The Hall–Kier alpha value is -0.820. The van der Waals surface area contributed by atoms with Gasteiger partial charge in [-0.3, -0.25) is 0 Å². The summed E-state index contributed by atoms with van der Waals surface area (Å²) in [4.78, 5) is 0. The van der Waals surface area contributed by atoms with E-state index in [0.29, 0.717) is 6.61 Å². The highest BCUT2D eigenvalue weighted by Crippen LogP contribution is 2.24. The molecule has 3 nitrogen and oxygen atoms in total. The van der Waals surface area contributed by atoms with Gasteiger partial charge < -0.3 is 14.6 Å². The summed E-state index contributed by atoms with van der Waals surface area (Å²) in [6.45, 7) is 4.01. The molecule has 0 bridgehead atoms. The van der Waals surface area contributed by atoms with Crippen LogP contribution in [-0.4, -0.2) is 29.7 Å². The van der Waals surface area contributed by atoms with Crippen molar-refractivity contribution in [2.75, 3.05) is 6.61 Å². The van der Waals surface area contributed by atoms with Crippen LogP contribution in [0.15, 0.2) is 12.2 Å². The Morgan fingerprint density at radius 1 is 1.69 bits per heavy atom. The van der Waals surface area contributed by atoms with Gasteiger partial charge in [0.15, 0.2) is 5.79 Å². The second-order valence-corrected chi connectivity index (χ2v) is 3.38. The first-order valence-electron chi connectivity index (χ1n) is 4.18. The van der Waals surface area contributed by atoms with Crippen LogP contribution in [0.4, 0.5) is 0 Å². The lowest BCUT2D eigenvalue weighted by molar-refractivity contribution is -0.147. The maximum Gasteiger partial charge on any atom is 0.163 e. The van der Waals surface area contributed by atoms with E-state index in [1.54, 1.807) is 0 Å². The van der Waals surface area contributed by atoms with E-state index >= 15 is 0 Å². The zero-order valence-electron chi connectivity index (χ0n) is 7.86. The molecule has 1 heterocycles. The van der Waals surface area contributed by atoms with E-state index in [9.17, 15) is 5.11 Å². The van der Waals surface area contributed by atoms with Crippen molar-refractivity contribution in [3.8, 4) is 12.3 Å². The molecule has 0 radical (unpaired) electrons. The minimum Gasteiger partial charge on any atom is -0.386 e. The lowest BCUT2D eigenvalue weighted by Gasteiger charge is -2.18. The Morgan fingerprint density at radius 2 is 2.38 bits per heavy atom. The van der Waals surface area contributed by atoms with Crippen LogP contribution in [0.5, 0.6) is 0 Å². The molecule has 0 saturated carbocycles. The number of aliphatic hydroxyl groups is 1. The first-order chi connectivity index (χ1) is 6.05. The fourth-order valence-corrected chi connectivity index (χ4v) is 1.16. The molecule has 1 aliphatic heterocycles. The number of hydrogen-bond acceptors (Lipinski definition) is 3. The van der Waals surface area contributed by atoms with Crippen molar-refractivity contribution in [1.29, 1.82) is 0 Å². The van der Waals surface area contributed by atoms with Gasteiger partial charge >= 0.3 is 0 Å². The first-order valence-corrected chi connectivity index (χ1v) is 4.18. The fourth-order valence-electron chi connectivity index (χ4n) is 1.16. The largest absolute Gasteiger partial charge is 0.386 e. The van der Waals surface area contributed by atoms with Crippen LogP contribution in [0.3, 0.4) is 0 Å². The second kappa shape index (κ2) is 3.93. The molecule has 3 heteroatoms. The Bertz CT molecular complexity index is 237. The van der Waals surface area contributed by atoms with Gasteiger partial charge in [0.1, 0.15) is 12.2 Å². The van der Waals surface area contributed by atoms with Crippen LogP contribution in [0.25, 0.3) is 0 Å². The molecule has 1 rings (SSSR count). The summed E-state index contributed by atoms with van der Waals surface area (Å²) < 4.78 is 10.7. The van der Waals surface area contributed by atoms with Gasteiger partial charge in [-0.25, -0.2) is 0 Å². The highest BCUT2D eigenvalue weighted by atomic mass is 16.7. The van der Waals surface area contributed by atoms with Crippen molar-refractivity contribution in [3.63, 3.8) is 0 Å². The summed E-state index contributed by atoms with van der Waals surface area (Å²) in [6.07, 6.45) is 6.97. The molecule has 0 unspecified atom stereocenters. The highest BCUT2D eigenvalue weighted by Gasteiger charge is 2.35. The lowest BCUT2D eigenvalue weighted by Crippen LogP contribution is -2.29. The van der Waals surface area contributed by atoms with Crippen LogP contribution in [0.2, 0.25) is 0 Å². The Balaban J connectivity index is 2.47. The predicted octanol–water partition coefficient (Wildman–Crippen LogP) is 0.688. The van der Waals surface area contributed by atoms with E-state index < -0.39 is 11.9 Å². The molecule has 1 N–H and O–H groups in total. The van der Waals surface area contributed by atoms with Gasteiger partial charge in [-0.15, -0.1) is 6.42 Å². The molecule has 1 saturated heterocycles. The number of terminal acetylenes is 1. The van der Waals surface area contributed by atoms with Crippen molar-refractivity contribution >= 4 is 0 Å². The van der Waals surface area contributed by atoms with E-state index in [-0.39, 0.29) is 6.10 Å². The van der Waals surface area contributed by atoms with E-state index in [2.05, 4.69) is 5.92 Å². The predicted molar refractivity (Wildman–Crippen MR) is 48.9 cm³/mol. The topological polar surface area (TPSA) is 38.7 Å². The van der Waals surface area contributed by atoms with Gasteiger partial charge in [-0.05, 0) is 26.0 Å². The average molecular weight is 182 g/mol. The van der Waals surface area contributed by atoms with Crippen LogP contribution < -0.4 is 0 Å². The van der Waals surface area contributed by atoms with E-state index in [1.807, 2.05) is 13.8 Å². The molecule has 1 aliphatic rings. The maximum atomic E-state index is 9.52. The number of allylic oxidation sites excluding steroid dienone is 1. The van der Waals surface area contributed by atoms with Gasteiger partial charge in [0.2, 0.25) is 0 Å². The average Bonchev–Trinajstić information content (AvgIpc) is 2.42. The Labute approximate surface area is 78.3 Å². The third kappa shape index (κ3) is 2.85. The summed E-state index contributed by atoms with van der Waals surface area (Å²) in [5, 5.41) is 9.52. The lowest BCUT2D eigenvalue weighted by atomic mass is 10.2. The Kier molecular flexibility index (Phi) is 3.10. The number of aliphatic hydroxyl groups excluding tert-OH is 1. The van der Waals surface area contributed by atoms with Gasteiger partial charge in [0, 0.05) is 0 Å². The number of rotatable bonds is 2. The quantitative estimate of drug-likeness (QED) is 0.638.